The molecule has 1 heterocycles. The molecule has 5 nitrogen and oxygen atoms in total. The van der Waals surface area contributed by atoms with Crippen LogP contribution in [0.2, 0.25) is 5.02 Å². The monoisotopic (exact) mass is 474 g/mol. The molecular weight excluding hydrogens is 436 g/mol. The molecule has 1 aromatic carbocycles. The van der Waals surface area contributed by atoms with Gasteiger partial charge < -0.3 is 10.0 Å². The molecule has 2 saturated carbocycles. The fourth-order valence-corrected chi connectivity index (χ4v) is 6.29. The molecule has 3 fully saturated rings. The van der Waals surface area contributed by atoms with Gasteiger partial charge in [0.05, 0.1) is 6.10 Å². The Kier molecular flexibility index (Phi) is 8.14. The Hall–Kier alpha value is -1.43. The Bertz CT molecular complexity index is 859. The number of nitrogens with zero attached hydrogens (tertiary/aromatic N) is 2. The molecule has 2 aliphatic carbocycles. The van der Waals surface area contributed by atoms with Crippen LogP contribution < -0.4 is 0 Å². The highest BCUT2D eigenvalue weighted by atomic mass is 35.5. The Morgan fingerprint density at radius 3 is 2.33 bits per heavy atom. The molecule has 3 aliphatic rings. The number of rotatable bonds is 6. The lowest BCUT2D eigenvalue weighted by molar-refractivity contribution is -0.140. The number of halogens is 1. The lowest BCUT2D eigenvalue weighted by Crippen LogP contribution is -2.54. The van der Waals surface area contributed by atoms with Gasteiger partial charge in [0.15, 0.2) is 0 Å². The fourth-order valence-electron chi connectivity index (χ4n) is 6.03. The van der Waals surface area contributed by atoms with E-state index < -0.39 is 0 Å². The van der Waals surface area contributed by atoms with Gasteiger partial charge in [-0.3, -0.25) is 14.5 Å². The Balaban J connectivity index is 1.38. The lowest BCUT2D eigenvalue weighted by Gasteiger charge is -2.41. The number of amides is 1. The van der Waals surface area contributed by atoms with Crippen LogP contribution in [0.3, 0.4) is 0 Å². The van der Waals surface area contributed by atoms with Crippen molar-refractivity contribution in [1.29, 1.82) is 0 Å². The summed E-state index contributed by atoms with van der Waals surface area (Å²) in [7, 11) is 0. The molecule has 1 atom stereocenters. The van der Waals surface area contributed by atoms with E-state index in [1.165, 1.54) is 18.4 Å². The molecule has 4 rings (SSSR count). The van der Waals surface area contributed by atoms with E-state index in [2.05, 4.69) is 23.6 Å². The van der Waals surface area contributed by atoms with Crippen LogP contribution >= 0.6 is 11.6 Å². The van der Waals surface area contributed by atoms with Crippen LogP contribution in [-0.4, -0.2) is 58.4 Å². The third kappa shape index (κ3) is 5.98. The molecule has 182 valence electrons. The van der Waals surface area contributed by atoms with Crippen LogP contribution in [0.25, 0.3) is 0 Å². The molecule has 1 aliphatic heterocycles. The summed E-state index contributed by atoms with van der Waals surface area (Å²) in [6.45, 7) is 7.57. The zero-order chi connectivity index (χ0) is 23.5. The van der Waals surface area contributed by atoms with Crippen molar-refractivity contribution in [3.8, 4) is 0 Å². The van der Waals surface area contributed by atoms with Gasteiger partial charge in [-0.25, -0.2) is 0 Å². The summed E-state index contributed by atoms with van der Waals surface area (Å²) in [4.78, 5) is 30.3. The maximum atomic E-state index is 12.9. The standard InChI is InChI=1S/C27H39ClN2O3/c1-18-16-29(11-12-30(18)27(33)21-5-3-4-6-21)17-23-14-24(28)13-22(19(23)2)15-26(32)20-7-9-25(31)10-8-20/h13-14,18,20-21,25,31H,3-12,15-17H2,1-2H3/t18-,20?,25?/m0/s1. The first-order valence-corrected chi connectivity index (χ1v) is 13.2. The Morgan fingerprint density at radius 1 is 1.00 bits per heavy atom. The largest absolute Gasteiger partial charge is 0.393 e. The Labute approximate surface area is 203 Å². The average Bonchev–Trinajstić information content (AvgIpc) is 3.32. The minimum Gasteiger partial charge on any atom is -0.393 e. The molecule has 1 aromatic rings. The van der Waals surface area contributed by atoms with Crippen molar-refractivity contribution in [2.24, 2.45) is 11.8 Å². The first-order valence-electron chi connectivity index (χ1n) is 12.8. The minimum absolute atomic E-state index is 0.0570. The van der Waals surface area contributed by atoms with Gasteiger partial charge in [0.2, 0.25) is 5.91 Å². The molecule has 33 heavy (non-hydrogen) atoms. The smallest absolute Gasteiger partial charge is 0.226 e. The third-order valence-corrected chi connectivity index (χ3v) is 8.42. The van der Waals surface area contributed by atoms with Crippen molar-refractivity contribution in [2.75, 3.05) is 19.6 Å². The number of benzene rings is 1. The molecule has 6 heteroatoms. The van der Waals surface area contributed by atoms with Gasteiger partial charge >= 0.3 is 0 Å². The van der Waals surface area contributed by atoms with E-state index in [0.29, 0.717) is 17.4 Å². The maximum Gasteiger partial charge on any atom is 0.226 e. The molecule has 1 amide bonds. The number of carbonyl (C=O) groups is 2. The zero-order valence-electron chi connectivity index (χ0n) is 20.2. The molecule has 0 spiro atoms. The molecule has 0 aromatic heterocycles. The second-order valence-electron chi connectivity index (χ2n) is 10.6. The fraction of sp³-hybridized carbons (Fsp3) is 0.704. The predicted octanol–water partition coefficient (Wildman–Crippen LogP) is 4.53. The van der Waals surface area contributed by atoms with Crippen molar-refractivity contribution < 1.29 is 14.7 Å². The number of piperazine rings is 1. The summed E-state index contributed by atoms with van der Waals surface area (Å²) >= 11 is 6.48. The van der Waals surface area contributed by atoms with Crippen LogP contribution in [0.1, 0.15) is 75.0 Å². The van der Waals surface area contributed by atoms with Crippen molar-refractivity contribution in [3.63, 3.8) is 0 Å². The third-order valence-electron chi connectivity index (χ3n) is 8.20. The molecule has 1 N–H and O–H groups in total. The van der Waals surface area contributed by atoms with Crippen molar-refractivity contribution in [2.45, 2.75) is 90.3 Å². The summed E-state index contributed by atoms with van der Waals surface area (Å²) in [5.74, 6) is 0.920. The average molecular weight is 475 g/mol. The zero-order valence-corrected chi connectivity index (χ0v) is 20.9. The number of hydrogen-bond donors (Lipinski definition) is 1. The molecular formula is C27H39ClN2O3. The van der Waals surface area contributed by atoms with E-state index in [-0.39, 0.29) is 29.8 Å². The van der Waals surface area contributed by atoms with Crippen molar-refractivity contribution in [3.05, 3.63) is 33.8 Å². The van der Waals surface area contributed by atoms with Crippen LogP contribution in [0.5, 0.6) is 0 Å². The predicted molar refractivity (Wildman–Crippen MR) is 131 cm³/mol. The molecule has 0 bridgehead atoms. The van der Waals surface area contributed by atoms with Gasteiger partial charge in [0.1, 0.15) is 5.78 Å². The highest BCUT2D eigenvalue weighted by Gasteiger charge is 2.33. The van der Waals surface area contributed by atoms with E-state index >= 15 is 0 Å². The summed E-state index contributed by atoms with van der Waals surface area (Å²) in [5, 5.41) is 10.4. The minimum atomic E-state index is -0.245. The topological polar surface area (TPSA) is 60.9 Å². The SMILES string of the molecule is Cc1c(CC(=O)C2CCC(O)CC2)cc(Cl)cc1CN1CCN(C(=O)C2CCCC2)[C@@H](C)C1. The van der Waals surface area contributed by atoms with Gasteiger partial charge in [0, 0.05) is 55.5 Å². The van der Waals surface area contributed by atoms with E-state index in [0.717, 1.165) is 75.8 Å². The van der Waals surface area contributed by atoms with Crippen LogP contribution in [0.4, 0.5) is 0 Å². The summed E-state index contributed by atoms with van der Waals surface area (Å²) < 4.78 is 0. The van der Waals surface area contributed by atoms with Crippen molar-refractivity contribution in [1.82, 2.24) is 9.80 Å². The lowest BCUT2D eigenvalue weighted by atomic mass is 9.82. The number of carbonyl (C=O) groups excluding carboxylic acids is 2. The number of ketones is 1. The quantitative estimate of drug-likeness (QED) is 0.657. The van der Waals surface area contributed by atoms with E-state index in [1.807, 2.05) is 12.1 Å². The van der Waals surface area contributed by atoms with E-state index in [4.69, 9.17) is 11.6 Å². The maximum absolute atomic E-state index is 12.9. The number of aliphatic hydroxyl groups is 1. The van der Waals surface area contributed by atoms with Crippen LogP contribution in [0, 0.1) is 18.8 Å². The van der Waals surface area contributed by atoms with Gasteiger partial charge in [-0.15, -0.1) is 0 Å². The van der Waals surface area contributed by atoms with E-state index in [1.54, 1.807) is 0 Å². The van der Waals surface area contributed by atoms with Gasteiger partial charge in [-0.1, -0.05) is 24.4 Å². The first-order chi connectivity index (χ1) is 15.8. The van der Waals surface area contributed by atoms with Crippen LogP contribution in [0.15, 0.2) is 12.1 Å². The number of Topliss-reactive ketones (excluding diaryl/α,β-unsaturated/α-hetero) is 1. The summed E-state index contributed by atoms with van der Waals surface area (Å²) in [6, 6.07) is 4.19. The number of hydrogen-bond acceptors (Lipinski definition) is 4. The van der Waals surface area contributed by atoms with Gasteiger partial charge in [0.25, 0.3) is 0 Å². The first kappa shape index (κ1) is 24.7. The Morgan fingerprint density at radius 2 is 1.67 bits per heavy atom. The summed E-state index contributed by atoms with van der Waals surface area (Å²) in [5.41, 5.74) is 3.35. The van der Waals surface area contributed by atoms with Gasteiger partial charge in [-0.2, -0.15) is 0 Å². The second kappa shape index (κ2) is 10.9. The van der Waals surface area contributed by atoms with E-state index in [9.17, 15) is 14.7 Å². The molecule has 1 saturated heterocycles. The van der Waals surface area contributed by atoms with Gasteiger partial charge in [-0.05, 0) is 81.2 Å². The van der Waals surface area contributed by atoms with Crippen molar-refractivity contribution >= 4 is 23.3 Å². The molecule has 0 unspecified atom stereocenters. The number of aliphatic hydroxyl groups excluding tert-OH is 1. The summed E-state index contributed by atoms with van der Waals surface area (Å²) in [6.07, 6.45) is 7.67. The van der Waals surface area contributed by atoms with Crippen LogP contribution in [-0.2, 0) is 22.6 Å². The normalized spacial score (nSPS) is 27.2. The molecule has 0 radical (unpaired) electrons. The second-order valence-corrected chi connectivity index (χ2v) is 11.0. The highest BCUT2D eigenvalue weighted by molar-refractivity contribution is 6.30. The highest BCUT2D eigenvalue weighted by Crippen LogP contribution is 2.30.